The zero-order valence-corrected chi connectivity index (χ0v) is 23.8. The van der Waals surface area contributed by atoms with Gasteiger partial charge in [0.05, 0.1) is 12.2 Å². The van der Waals surface area contributed by atoms with Crippen LogP contribution in [0.25, 0.3) is 22.1 Å². The monoisotopic (exact) mass is 578 g/mol. The highest BCUT2D eigenvalue weighted by atomic mass is 19.1. The summed E-state index contributed by atoms with van der Waals surface area (Å²) >= 11 is 0. The van der Waals surface area contributed by atoms with Gasteiger partial charge in [-0.15, -0.1) is 0 Å². The number of ketones is 1. The van der Waals surface area contributed by atoms with Crippen molar-refractivity contribution in [3.63, 3.8) is 0 Å². The fourth-order valence-electron chi connectivity index (χ4n) is 5.57. The first-order valence-electron chi connectivity index (χ1n) is 14.3. The Labute approximate surface area is 248 Å². The quantitative estimate of drug-likeness (QED) is 0.183. The van der Waals surface area contributed by atoms with Crippen LogP contribution < -0.4 is 9.64 Å². The number of aromatic carboxylic acids is 1. The Bertz CT molecular complexity index is 1790. The predicted octanol–water partition coefficient (Wildman–Crippen LogP) is 7.36. The van der Waals surface area contributed by atoms with Gasteiger partial charge in [0.15, 0.2) is 5.76 Å². The number of hydrogen-bond donors (Lipinski definition) is 1. The first kappa shape index (κ1) is 28.2. The van der Waals surface area contributed by atoms with E-state index in [1.165, 1.54) is 12.1 Å². The molecule has 1 fully saturated rings. The Morgan fingerprint density at radius 3 is 2.53 bits per heavy atom. The Kier molecular flexibility index (Phi) is 7.92. The standard InChI is InChI=1S/C35H31FN2O5/c1-22-30-19-26(25-4-2-6-28(36)17-25)9-10-32(30)43-34(22)31(39)16-24-8-11-33(37-20-24)38-14-12-23(13-15-38)21-42-29-7-3-5-27(18-29)35(40)41/h2-11,17-20,23H,12-16,21H2,1H3,(H,40,41). The molecule has 43 heavy (non-hydrogen) atoms. The minimum Gasteiger partial charge on any atom is -0.493 e. The van der Waals surface area contributed by atoms with Crippen LogP contribution in [-0.2, 0) is 6.42 Å². The molecule has 1 N–H and O–H groups in total. The second kappa shape index (κ2) is 12.1. The molecular formula is C35H31FN2O5. The van der Waals surface area contributed by atoms with Crippen LogP contribution in [0.5, 0.6) is 5.75 Å². The molecule has 7 nitrogen and oxygen atoms in total. The number of Topliss-reactive ketones (excluding diaryl/α,β-unsaturated/α-hetero) is 1. The average Bonchev–Trinajstić information content (AvgIpc) is 3.36. The number of fused-ring (bicyclic) bond motifs is 1. The number of carboxylic acid groups (broad SMARTS) is 1. The van der Waals surface area contributed by atoms with Crippen molar-refractivity contribution < 1.29 is 28.2 Å². The number of piperidine rings is 1. The summed E-state index contributed by atoms with van der Waals surface area (Å²) in [6.45, 7) is 4.09. The number of furan rings is 1. The van der Waals surface area contributed by atoms with Gasteiger partial charge in [-0.3, -0.25) is 4.79 Å². The molecule has 8 heteroatoms. The maximum atomic E-state index is 13.7. The third kappa shape index (κ3) is 6.28. The summed E-state index contributed by atoms with van der Waals surface area (Å²) < 4.78 is 25.6. The van der Waals surface area contributed by atoms with Crippen LogP contribution in [0.15, 0.2) is 89.5 Å². The van der Waals surface area contributed by atoms with Gasteiger partial charge in [0, 0.05) is 36.7 Å². The van der Waals surface area contributed by atoms with E-state index in [4.69, 9.17) is 14.3 Å². The van der Waals surface area contributed by atoms with Gasteiger partial charge in [-0.25, -0.2) is 14.2 Å². The van der Waals surface area contributed by atoms with Gasteiger partial charge in [-0.05, 0) is 90.9 Å². The van der Waals surface area contributed by atoms with Crippen LogP contribution in [0.3, 0.4) is 0 Å². The summed E-state index contributed by atoms with van der Waals surface area (Å²) in [7, 11) is 0. The maximum absolute atomic E-state index is 13.7. The number of anilines is 1. The average molecular weight is 579 g/mol. The van der Waals surface area contributed by atoms with Crippen LogP contribution >= 0.6 is 0 Å². The topological polar surface area (TPSA) is 92.9 Å². The number of carboxylic acids is 1. The fourth-order valence-corrected chi connectivity index (χ4v) is 5.57. The third-order valence-corrected chi connectivity index (χ3v) is 8.03. The summed E-state index contributed by atoms with van der Waals surface area (Å²) in [6.07, 6.45) is 3.80. The number of ether oxygens (including phenoxy) is 1. The van der Waals surface area contributed by atoms with Gasteiger partial charge >= 0.3 is 5.97 Å². The molecule has 0 unspecified atom stereocenters. The number of rotatable bonds is 9. The lowest BCUT2D eigenvalue weighted by Gasteiger charge is -2.32. The highest BCUT2D eigenvalue weighted by molar-refractivity contribution is 6.02. The second-order valence-electron chi connectivity index (χ2n) is 11.0. The molecule has 2 aromatic heterocycles. The van der Waals surface area contributed by atoms with Crippen molar-refractivity contribution in [1.29, 1.82) is 0 Å². The van der Waals surface area contributed by atoms with Crippen LogP contribution in [-0.4, -0.2) is 41.5 Å². The van der Waals surface area contributed by atoms with E-state index in [9.17, 15) is 14.0 Å². The van der Waals surface area contributed by atoms with Crippen LogP contribution in [0, 0.1) is 18.7 Å². The summed E-state index contributed by atoms with van der Waals surface area (Å²) in [4.78, 5) is 31.3. The van der Waals surface area contributed by atoms with Gasteiger partial charge in [-0.1, -0.05) is 30.3 Å². The molecule has 0 aliphatic carbocycles. The normalized spacial score (nSPS) is 13.8. The van der Waals surface area contributed by atoms with E-state index in [0.717, 1.165) is 59.4 Å². The fraction of sp³-hybridized carbons (Fsp3) is 0.229. The van der Waals surface area contributed by atoms with Gasteiger partial charge < -0.3 is 19.2 Å². The Balaban J connectivity index is 1.05. The molecule has 0 atom stereocenters. The van der Waals surface area contributed by atoms with Crippen molar-refractivity contribution in [3.05, 3.63) is 113 Å². The number of aryl methyl sites for hydroxylation is 1. The lowest BCUT2D eigenvalue weighted by Crippen LogP contribution is -2.36. The van der Waals surface area contributed by atoms with Crippen molar-refractivity contribution in [2.45, 2.75) is 26.2 Å². The summed E-state index contributed by atoms with van der Waals surface area (Å²) in [5, 5.41) is 10.00. The summed E-state index contributed by atoms with van der Waals surface area (Å²) in [5.74, 6) is 0.755. The maximum Gasteiger partial charge on any atom is 0.335 e. The van der Waals surface area contributed by atoms with Crippen LogP contribution in [0.4, 0.5) is 10.2 Å². The van der Waals surface area contributed by atoms with E-state index in [0.29, 0.717) is 29.6 Å². The molecule has 6 rings (SSSR count). The number of nitrogens with zero attached hydrogens (tertiary/aromatic N) is 2. The van der Waals surface area contributed by atoms with E-state index in [-0.39, 0.29) is 23.6 Å². The van der Waals surface area contributed by atoms with Gasteiger partial charge in [0.25, 0.3) is 0 Å². The molecule has 0 spiro atoms. The molecule has 218 valence electrons. The highest BCUT2D eigenvalue weighted by Crippen LogP contribution is 2.31. The summed E-state index contributed by atoms with van der Waals surface area (Å²) in [6, 6.07) is 22.5. The molecule has 1 saturated heterocycles. The minimum absolute atomic E-state index is 0.120. The zero-order valence-electron chi connectivity index (χ0n) is 23.8. The molecule has 0 saturated carbocycles. The molecule has 1 aliphatic heterocycles. The number of aromatic nitrogens is 1. The number of carbonyl (C=O) groups excluding carboxylic acids is 1. The van der Waals surface area contributed by atoms with Crippen molar-refractivity contribution in [1.82, 2.24) is 4.98 Å². The Hall–Kier alpha value is -4.98. The van der Waals surface area contributed by atoms with Gasteiger partial charge in [-0.2, -0.15) is 0 Å². The summed E-state index contributed by atoms with van der Waals surface area (Å²) in [5.41, 5.74) is 4.04. The number of benzene rings is 3. The molecule has 0 bridgehead atoms. The van der Waals surface area contributed by atoms with Crippen molar-refractivity contribution in [2.24, 2.45) is 5.92 Å². The highest BCUT2D eigenvalue weighted by Gasteiger charge is 2.22. The molecule has 5 aromatic rings. The Morgan fingerprint density at radius 2 is 1.79 bits per heavy atom. The first-order valence-corrected chi connectivity index (χ1v) is 14.3. The van der Waals surface area contributed by atoms with Crippen LogP contribution in [0.2, 0.25) is 0 Å². The minimum atomic E-state index is -0.969. The number of carbonyl (C=O) groups is 2. The van der Waals surface area contributed by atoms with E-state index in [1.807, 2.05) is 43.3 Å². The predicted molar refractivity (Wildman–Crippen MR) is 162 cm³/mol. The molecule has 0 radical (unpaired) electrons. The van der Waals surface area contributed by atoms with Crippen molar-refractivity contribution in [2.75, 3.05) is 24.6 Å². The van der Waals surface area contributed by atoms with Crippen molar-refractivity contribution >= 4 is 28.5 Å². The number of pyridine rings is 1. The molecule has 3 aromatic carbocycles. The molecule has 3 heterocycles. The van der Waals surface area contributed by atoms with Crippen LogP contribution in [0.1, 0.15) is 44.9 Å². The Morgan fingerprint density at radius 1 is 1.00 bits per heavy atom. The van der Waals surface area contributed by atoms with E-state index < -0.39 is 5.97 Å². The third-order valence-electron chi connectivity index (χ3n) is 8.03. The second-order valence-corrected chi connectivity index (χ2v) is 11.0. The lowest BCUT2D eigenvalue weighted by atomic mass is 9.97. The van der Waals surface area contributed by atoms with Crippen molar-refractivity contribution in [3.8, 4) is 16.9 Å². The number of hydrogen-bond acceptors (Lipinski definition) is 6. The first-order chi connectivity index (χ1) is 20.8. The van der Waals surface area contributed by atoms with E-state index in [2.05, 4.69) is 9.88 Å². The van der Waals surface area contributed by atoms with E-state index in [1.54, 1.807) is 36.5 Å². The molecule has 0 amide bonds. The zero-order chi connectivity index (χ0) is 29.9. The van der Waals surface area contributed by atoms with Gasteiger partial charge in [0.2, 0.25) is 5.78 Å². The number of halogens is 1. The molecule has 1 aliphatic rings. The van der Waals surface area contributed by atoms with E-state index >= 15 is 0 Å². The van der Waals surface area contributed by atoms with Gasteiger partial charge in [0.1, 0.15) is 23.0 Å². The SMILES string of the molecule is Cc1c(C(=O)Cc2ccc(N3CCC(COc4cccc(C(=O)O)c4)CC3)nc2)oc2ccc(-c3cccc(F)c3)cc12. The molecular weight excluding hydrogens is 547 g/mol. The smallest absolute Gasteiger partial charge is 0.335 e. The largest absolute Gasteiger partial charge is 0.493 e. The lowest BCUT2D eigenvalue weighted by molar-refractivity contribution is 0.0696.